The standard InChI is InChI=1S/C29H33FN4O2S/c1-19-11-5-8-14-22(19)34-28-25(27(31-34)29(2,3)4)26(20-12-6-7-13-21(20)30)37-18-24(36)33(28)17-23(35)32-15-9-10-16-32/h5-8,11-14,26H,9-10,15-18H2,1-4H3/t26-/m1/s1. The third-order valence-corrected chi connectivity index (χ3v) is 8.32. The molecule has 6 nitrogen and oxygen atoms in total. The molecule has 1 fully saturated rings. The van der Waals surface area contributed by atoms with E-state index in [1.165, 1.54) is 17.8 Å². The fourth-order valence-corrected chi connectivity index (χ4v) is 6.40. The van der Waals surface area contributed by atoms with Gasteiger partial charge in [0, 0.05) is 29.6 Å². The molecule has 194 valence electrons. The number of likely N-dealkylation sites (tertiary alicyclic amines) is 1. The molecule has 0 unspecified atom stereocenters. The van der Waals surface area contributed by atoms with Crippen molar-refractivity contribution < 1.29 is 14.0 Å². The zero-order valence-corrected chi connectivity index (χ0v) is 22.6. The maximum Gasteiger partial charge on any atom is 0.242 e. The monoisotopic (exact) mass is 520 g/mol. The first-order valence-corrected chi connectivity index (χ1v) is 13.8. The van der Waals surface area contributed by atoms with Crippen molar-refractivity contribution in [3.63, 3.8) is 0 Å². The van der Waals surface area contributed by atoms with Crippen LogP contribution in [0.15, 0.2) is 48.5 Å². The smallest absolute Gasteiger partial charge is 0.242 e. The first-order valence-electron chi connectivity index (χ1n) is 12.8. The number of amides is 2. The van der Waals surface area contributed by atoms with Crippen molar-refractivity contribution in [3.8, 4) is 5.69 Å². The van der Waals surface area contributed by atoms with Gasteiger partial charge in [0.2, 0.25) is 11.8 Å². The van der Waals surface area contributed by atoms with Crippen LogP contribution < -0.4 is 4.90 Å². The van der Waals surface area contributed by atoms with Crippen molar-refractivity contribution >= 4 is 29.4 Å². The van der Waals surface area contributed by atoms with Crippen LogP contribution in [-0.4, -0.2) is 51.9 Å². The second-order valence-electron chi connectivity index (χ2n) is 10.8. The van der Waals surface area contributed by atoms with Crippen molar-refractivity contribution in [3.05, 3.63) is 76.7 Å². The highest BCUT2D eigenvalue weighted by atomic mass is 32.2. The Labute approximate surface area is 221 Å². The third kappa shape index (κ3) is 4.79. The predicted octanol–water partition coefficient (Wildman–Crippen LogP) is 5.41. The van der Waals surface area contributed by atoms with Crippen molar-refractivity contribution in [2.75, 3.05) is 30.3 Å². The van der Waals surface area contributed by atoms with Crippen LogP contribution in [0.2, 0.25) is 0 Å². The van der Waals surface area contributed by atoms with Gasteiger partial charge in [-0.15, -0.1) is 11.8 Å². The molecule has 2 aliphatic heterocycles. The number of carbonyl (C=O) groups is 2. The highest BCUT2D eigenvalue weighted by Crippen LogP contribution is 2.49. The average Bonchev–Trinajstić information content (AvgIpc) is 3.50. The van der Waals surface area contributed by atoms with Gasteiger partial charge in [-0.2, -0.15) is 5.10 Å². The van der Waals surface area contributed by atoms with Crippen molar-refractivity contribution in [2.45, 2.75) is 51.2 Å². The molecule has 1 aromatic heterocycles. The van der Waals surface area contributed by atoms with Crippen LogP contribution in [0.25, 0.3) is 5.69 Å². The molecule has 5 rings (SSSR count). The molecule has 0 aliphatic carbocycles. The summed E-state index contributed by atoms with van der Waals surface area (Å²) in [5, 5.41) is 4.65. The Morgan fingerprint density at radius 2 is 1.76 bits per heavy atom. The third-order valence-electron chi connectivity index (χ3n) is 7.08. The Morgan fingerprint density at radius 1 is 1.08 bits per heavy atom. The summed E-state index contributed by atoms with van der Waals surface area (Å²) in [6.45, 7) is 9.60. The number of aryl methyl sites for hydroxylation is 1. The molecule has 1 atom stereocenters. The van der Waals surface area contributed by atoms with Gasteiger partial charge in [0.25, 0.3) is 0 Å². The van der Waals surface area contributed by atoms with E-state index >= 15 is 4.39 Å². The summed E-state index contributed by atoms with van der Waals surface area (Å²) in [6, 6.07) is 14.6. The first kappa shape index (κ1) is 25.5. The van der Waals surface area contributed by atoms with E-state index in [-0.39, 0.29) is 35.3 Å². The number of fused-ring (bicyclic) bond motifs is 1. The van der Waals surface area contributed by atoms with Gasteiger partial charge in [-0.1, -0.05) is 57.2 Å². The minimum absolute atomic E-state index is 0.0580. The number of thioether (sulfide) groups is 1. The molecular weight excluding hydrogens is 487 g/mol. The van der Waals surface area contributed by atoms with Crippen LogP contribution in [-0.2, 0) is 15.0 Å². The van der Waals surface area contributed by atoms with Gasteiger partial charge in [0.15, 0.2) is 0 Å². The summed E-state index contributed by atoms with van der Waals surface area (Å²) >= 11 is 1.40. The Morgan fingerprint density at radius 3 is 2.43 bits per heavy atom. The van der Waals surface area contributed by atoms with Crippen molar-refractivity contribution in [1.29, 1.82) is 0 Å². The fourth-order valence-electron chi connectivity index (χ4n) is 5.18. The molecule has 3 heterocycles. The number of rotatable bonds is 4. The van der Waals surface area contributed by atoms with Crippen LogP contribution in [0, 0.1) is 12.7 Å². The van der Waals surface area contributed by atoms with E-state index in [0.29, 0.717) is 24.5 Å². The van der Waals surface area contributed by atoms with E-state index in [4.69, 9.17) is 5.10 Å². The van der Waals surface area contributed by atoms with Gasteiger partial charge in [0.1, 0.15) is 18.2 Å². The summed E-state index contributed by atoms with van der Waals surface area (Å²) in [7, 11) is 0. The molecule has 0 spiro atoms. The van der Waals surface area contributed by atoms with Crippen LogP contribution >= 0.6 is 11.8 Å². The average molecular weight is 521 g/mol. The number of carbonyl (C=O) groups excluding carboxylic acids is 2. The Kier molecular flexibility index (Phi) is 6.88. The minimum atomic E-state index is -0.445. The zero-order chi connectivity index (χ0) is 26.3. The minimum Gasteiger partial charge on any atom is -0.341 e. The summed E-state index contributed by atoms with van der Waals surface area (Å²) < 4.78 is 17.0. The molecular formula is C29H33FN4O2S. The molecule has 8 heteroatoms. The molecule has 2 aliphatic rings. The van der Waals surface area contributed by atoms with Gasteiger partial charge in [-0.3, -0.25) is 14.5 Å². The normalized spacial score (nSPS) is 18.2. The van der Waals surface area contributed by atoms with Crippen LogP contribution in [0.1, 0.15) is 61.2 Å². The Balaban J connectivity index is 1.78. The number of hydrogen-bond donors (Lipinski definition) is 0. The summed E-state index contributed by atoms with van der Waals surface area (Å²) in [5.41, 5.74) is 3.54. The highest BCUT2D eigenvalue weighted by Gasteiger charge is 2.41. The maximum absolute atomic E-state index is 15.2. The number of aromatic nitrogens is 2. The summed E-state index contributed by atoms with van der Waals surface area (Å²) in [5.74, 6) is 0.144. The molecule has 1 saturated heterocycles. The first-order chi connectivity index (χ1) is 17.7. The maximum atomic E-state index is 15.2. The lowest BCUT2D eigenvalue weighted by Gasteiger charge is -2.26. The van der Waals surface area contributed by atoms with Gasteiger partial charge in [-0.25, -0.2) is 9.07 Å². The van der Waals surface area contributed by atoms with Crippen LogP contribution in [0.3, 0.4) is 0 Å². The van der Waals surface area contributed by atoms with Gasteiger partial charge in [-0.05, 0) is 37.5 Å². The van der Waals surface area contributed by atoms with E-state index < -0.39 is 5.25 Å². The highest BCUT2D eigenvalue weighted by molar-refractivity contribution is 8.00. The number of nitrogens with zero attached hydrogens (tertiary/aromatic N) is 4. The Bertz CT molecular complexity index is 1340. The molecule has 0 bridgehead atoms. The molecule has 2 aromatic carbocycles. The van der Waals surface area contributed by atoms with Crippen molar-refractivity contribution in [1.82, 2.24) is 14.7 Å². The van der Waals surface area contributed by atoms with E-state index in [9.17, 15) is 9.59 Å². The lowest BCUT2D eigenvalue weighted by atomic mass is 9.87. The van der Waals surface area contributed by atoms with Crippen LogP contribution in [0.4, 0.5) is 10.2 Å². The van der Waals surface area contributed by atoms with E-state index in [1.807, 2.05) is 42.2 Å². The topological polar surface area (TPSA) is 58.4 Å². The lowest BCUT2D eigenvalue weighted by molar-refractivity contribution is -0.130. The molecule has 0 N–H and O–H groups in total. The summed E-state index contributed by atoms with van der Waals surface area (Å²) in [6.07, 6.45) is 1.96. The molecule has 37 heavy (non-hydrogen) atoms. The van der Waals surface area contributed by atoms with Crippen molar-refractivity contribution in [2.24, 2.45) is 0 Å². The van der Waals surface area contributed by atoms with Crippen LogP contribution in [0.5, 0.6) is 0 Å². The molecule has 2 amide bonds. The molecule has 0 radical (unpaired) electrons. The van der Waals surface area contributed by atoms with Gasteiger partial charge in [0.05, 0.1) is 22.4 Å². The second-order valence-corrected chi connectivity index (χ2v) is 11.9. The number of hydrogen-bond acceptors (Lipinski definition) is 4. The predicted molar refractivity (Wildman–Crippen MR) is 146 cm³/mol. The second kappa shape index (κ2) is 9.97. The van der Waals surface area contributed by atoms with Gasteiger partial charge >= 0.3 is 0 Å². The zero-order valence-electron chi connectivity index (χ0n) is 21.8. The number of halogens is 1. The largest absolute Gasteiger partial charge is 0.341 e. The SMILES string of the molecule is Cc1ccccc1-n1nc(C(C)(C)C)c2c1N(CC(=O)N1CCCC1)C(=O)CS[C@@H]2c1ccccc1F. The lowest BCUT2D eigenvalue weighted by Crippen LogP contribution is -2.43. The quantitative estimate of drug-likeness (QED) is 0.462. The van der Waals surface area contributed by atoms with E-state index in [0.717, 1.165) is 35.3 Å². The van der Waals surface area contributed by atoms with E-state index in [2.05, 4.69) is 20.8 Å². The number of benzene rings is 2. The molecule has 3 aromatic rings. The van der Waals surface area contributed by atoms with Gasteiger partial charge < -0.3 is 4.90 Å². The summed E-state index contributed by atoms with van der Waals surface area (Å²) in [4.78, 5) is 30.5. The molecule has 0 saturated carbocycles. The number of para-hydroxylation sites is 1. The fraction of sp³-hybridized carbons (Fsp3) is 0.414. The number of anilines is 1. The Hall–Kier alpha value is -3.13. The van der Waals surface area contributed by atoms with E-state index in [1.54, 1.807) is 21.7 Å².